The summed E-state index contributed by atoms with van der Waals surface area (Å²) in [5, 5.41) is 23.0. The van der Waals surface area contributed by atoms with Crippen molar-refractivity contribution >= 4 is 17.4 Å². The van der Waals surface area contributed by atoms with Gasteiger partial charge in [0.15, 0.2) is 0 Å². The van der Waals surface area contributed by atoms with E-state index >= 15 is 0 Å². The lowest BCUT2D eigenvalue weighted by atomic mass is 10.1. The van der Waals surface area contributed by atoms with Gasteiger partial charge in [0, 0.05) is 11.4 Å². The minimum atomic E-state index is -0.577. The molecule has 21 heavy (non-hydrogen) atoms. The molecule has 1 atom stereocenters. The van der Waals surface area contributed by atoms with Gasteiger partial charge in [-0.05, 0) is 41.0 Å². The van der Waals surface area contributed by atoms with E-state index in [1.807, 2.05) is 22.9 Å². The fraction of sp³-hybridized carbons (Fsp3) is 0.500. The van der Waals surface area contributed by atoms with Crippen LogP contribution in [-0.4, -0.2) is 31.1 Å². The normalized spacial score (nSPS) is 17.2. The van der Waals surface area contributed by atoms with Crippen molar-refractivity contribution in [3.05, 3.63) is 29.8 Å². The highest BCUT2D eigenvalue weighted by Crippen LogP contribution is 2.32. The summed E-state index contributed by atoms with van der Waals surface area (Å²) in [5.74, 6) is 0.510. The second-order valence-electron chi connectivity index (χ2n) is 5.34. The first kappa shape index (κ1) is 14.3. The zero-order valence-corrected chi connectivity index (χ0v) is 12.5. The lowest BCUT2D eigenvalue weighted by Gasteiger charge is -2.13. The molecule has 1 saturated carbocycles. The summed E-state index contributed by atoms with van der Waals surface area (Å²) in [6, 6.07) is 7.74. The van der Waals surface area contributed by atoms with E-state index in [1.165, 1.54) is 24.6 Å². The van der Waals surface area contributed by atoms with Crippen LogP contribution in [0.2, 0.25) is 0 Å². The number of hydrogen-bond acceptors (Lipinski definition) is 6. The van der Waals surface area contributed by atoms with E-state index < -0.39 is 6.10 Å². The second kappa shape index (κ2) is 6.44. The number of nitrogens with zero attached hydrogens (tertiary/aromatic N) is 4. The van der Waals surface area contributed by atoms with Crippen LogP contribution in [0.5, 0.6) is 0 Å². The summed E-state index contributed by atoms with van der Waals surface area (Å²) in [4.78, 5) is 0. The molecule has 1 aromatic heterocycles. The Balaban J connectivity index is 1.64. The van der Waals surface area contributed by atoms with Crippen molar-refractivity contribution in [3.8, 4) is 0 Å². The van der Waals surface area contributed by atoms with Gasteiger partial charge in [0.05, 0.1) is 12.1 Å². The van der Waals surface area contributed by atoms with Crippen molar-refractivity contribution in [1.29, 1.82) is 0 Å². The minimum Gasteiger partial charge on any atom is -0.399 e. The first-order valence-corrected chi connectivity index (χ1v) is 8.17. The Kier molecular flexibility index (Phi) is 4.40. The van der Waals surface area contributed by atoms with E-state index in [0.717, 1.165) is 23.6 Å². The first-order chi connectivity index (χ1) is 10.2. The zero-order chi connectivity index (χ0) is 14.7. The molecule has 1 aliphatic carbocycles. The van der Waals surface area contributed by atoms with Gasteiger partial charge in [0.2, 0.25) is 5.16 Å². The Labute approximate surface area is 127 Å². The summed E-state index contributed by atoms with van der Waals surface area (Å²) < 4.78 is 1.91. The molecule has 7 heteroatoms. The fourth-order valence-electron chi connectivity index (χ4n) is 2.67. The van der Waals surface area contributed by atoms with E-state index in [-0.39, 0.29) is 0 Å². The van der Waals surface area contributed by atoms with Gasteiger partial charge < -0.3 is 10.8 Å². The molecule has 1 aliphatic rings. The Morgan fingerprint density at radius 3 is 2.95 bits per heavy atom. The van der Waals surface area contributed by atoms with Crippen molar-refractivity contribution in [2.24, 2.45) is 0 Å². The molecular weight excluding hydrogens is 286 g/mol. The van der Waals surface area contributed by atoms with Gasteiger partial charge in [0.25, 0.3) is 0 Å². The highest BCUT2D eigenvalue weighted by atomic mass is 32.2. The van der Waals surface area contributed by atoms with Gasteiger partial charge >= 0.3 is 0 Å². The molecule has 1 heterocycles. The average Bonchev–Trinajstić information content (AvgIpc) is 3.15. The van der Waals surface area contributed by atoms with Crippen LogP contribution in [0, 0.1) is 0 Å². The van der Waals surface area contributed by atoms with E-state index in [4.69, 9.17) is 5.73 Å². The molecule has 0 spiro atoms. The maximum atomic E-state index is 10.2. The Bertz CT molecular complexity index is 597. The second-order valence-corrected chi connectivity index (χ2v) is 6.33. The van der Waals surface area contributed by atoms with Crippen LogP contribution in [0.15, 0.2) is 29.4 Å². The number of nitrogens with two attached hydrogens (primary N) is 1. The molecule has 0 bridgehead atoms. The molecule has 0 radical (unpaired) electrons. The van der Waals surface area contributed by atoms with Crippen LogP contribution in [0.4, 0.5) is 5.69 Å². The van der Waals surface area contributed by atoms with Crippen LogP contribution < -0.4 is 5.73 Å². The summed E-state index contributed by atoms with van der Waals surface area (Å²) in [6.07, 6.45) is 4.17. The molecule has 0 saturated heterocycles. The third kappa shape index (κ3) is 3.36. The van der Waals surface area contributed by atoms with Crippen LogP contribution in [0.25, 0.3) is 0 Å². The Morgan fingerprint density at radius 1 is 1.38 bits per heavy atom. The van der Waals surface area contributed by atoms with Crippen molar-refractivity contribution < 1.29 is 5.11 Å². The van der Waals surface area contributed by atoms with Gasteiger partial charge in [-0.1, -0.05) is 36.7 Å². The SMILES string of the molecule is Nc1cccc(C(O)CSc2nnnn2C2CCCC2)c1. The predicted octanol–water partition coefficient (Wildman–Crippen LogP) is 2.20. The molecule has 2 aromatic rings. The smallest absolute Gasteiger partial charge is 0.209 e. The van der Waals surface area contributed by atoms with Crippen molar-refractivity contribution in [1.82, 2.24) is 20.2 Å². The van der Waals surface area contributed by atoms with Gasteiger partial charge in [-0.3, -0.25) is 0 Å². The molecule has 3 rings (SSSR count). The highest BCUT2D eigenvalue weighted by molar-refractivity contribution is 7.99. The number of rotatable bonds is 5. The van der Waals surface area contributed by atoms with Gasteiger partial charge in [-0.2, -0.15) is 0 Å². The lowest BCUT2D eigenvalue weighted by Crippen LogP contribution is -2.09. The van der Waals surface area contributed by atoms with E-state index in [2.05, 4.69) is 15.5 Å². The molecule has 1 fully saturated rings. The first-order valence-electron chi connectivity index (χ1n) is 7.18. The number of aliphatic hydroxyl groups excluding tert-OH is 1. The summed E-state index contributed by atoms with van der Waals surface area (Å²) >= 11 is 1.49. The Hall–Kier alpha value is -1.60. The number of aliphatic hydroxyl groups is 1. The highest BCUT2D eigenvalue weighted by Gasteiger charge is 2.22. The van der Waals surface area contributed by atoms with Crippen LogP contribution >= 0.6 is 11.8 Å². The molecule has 3 N–H and O–H groups in total. The van der Waals surface area contributed by atoms with E-state index in [0.29, 0.717) is 17.5 Å². The zero-order valence-electron chi connectivity index (χ0n) is 11.7. The van der Waals surface area contributed by atoms with Gasteiger partial charge in [-0.25, -0.2) is 4.68 Å². The molecular formula is C14H19N5OS. The van der Waals surface area contributed by atoms with Gasteiger partial charge in [0.1, 0.15) is 0 Å². The predicted molar refractivity (Wildman–Crippen MR) is 81.9 cm³/mol. The monoisotopic (exact) mass is 305 g/mol. The molecule has 0 aliphatic heterocycles. The maximum absolute atomic E-state index is 10.2. The number of anilines is 1. The molecule has 6 nitrogen and oxygen atoms in total. The topological polar surface area (TPSA) is 89.8 Å². The van der Waals surface area contributed by atoms with E-state index in [1.54, 1.807) is 6.07 Å². The number of thioether (sulfide) groups is 1. The minimum absolute atomic E-state index is 0.409. The summed E-state index contributed by atoms with van der Waals surface area (Å²) in [7, 11) is 0. The number of hydrogen-bond donors (Lipinski definition) is 2. The molecule has 1 aromatic carbocycles. The number of benzene rings is 1. The van der Waals surface area contributed by atoms with Gasteiger partial charge in [-0.15, -0.1) is 5.10 Å². The fourth-order valence-corrected chi connectivity index (χ4v) is 3.59. The summed E-state index contributed by atoms with van der Waals surface area (Å²) in [6.45, 7) is 0. The third-order valence-electron chi connectivity index (χ3n) is 3.80. The third-order valence-corrected chi connectivity index (χ3v) is 4.81. The standard InChI is InChI=1S/C14H19N5OS/c15-11-5-3-4-10(8-11)13(20)9-21-14-16-17-18-19(14)12-6-1-2-7-12/h3-5,8,12-13,20H,1-2,6-7,9,15H2. The molecule has 1 unspecified atom stereocenters. The average molecular weight is 305 g/mol. The number of aromatic nitrogens is 4. The van der Waals surface area contributed by atoms with Crippen LogP contribution in [0.3, 0.4) is 0 Å². The summed E-state index contributed by atoms with van der Waals surface area (Å²) in [5.41, 5.74) is 7.22. The lowest BCUT2D eigenvalue weighted by molar-refractivity contribution is 0.204. The van der Waals surface area contributed by atoms with Crippen LogP contribution in [0.1, 0.15) is 43.4 Å². The Morgan fingerprint density at radius 2 is 2.19 bits per heavy atom. The molecule has 0 amide bonds. The number of nitrogen functional groups attached to an aromatic ring is 1. The van der Waals surface area contributed by atoms with Crippen molar-refractivity contribution in [2.45, 2.75) is 43.0 Å². The van der Waals surface area contributed by atoms with Crippen molar-refractivity contribution in [3.63, 3.8) is 0 Å². The molecule has 112 valence electrons. The van der Waals surface area contributed by atoms with E-state index in [9.17, 15) is 5.11 Å². The quantitative estimate of drug-likeness (QED) is 0.650. The van der Waals surface area contributed by atoms with Crippen LogP contribution in [-0.2, 0) is 0 Å². The largest absolute Gasteiger partial charge is 0.399 e. The maximum Gasteiger partial charge on any atom is 0.209 e. The number of tetrazole rings is 1. The van der Waals surface area contributed by atoms with Crippen molar-refractivity contribution in [2.75, 3.05) is 11.5 Å².